The van der Waals surface area contributed by atoms with Crippen molar-refractivity contribution in [3.05, 3.63) is 47.3 Å². The molecule has 0 radical (unpaired) electrons. The second kappa shape index (κ2) is 5.89. The fourth-order valence-electron chi connectivity index (χ4n) is 2.36. The molecule has 0 amide bonds. The SMILES string of the molecule is CCc1nn(C)cc1C(N)Cc1ccccc1OC. The summed E-state index contributed by atoms with van der Waals surface area (Å²) >= 11 is 0. The van der Waals surface area contributed by atoms with E-state index in [0.29, 0.717) is 0 Å². The van der Waals surface area contributed by atoms with Crippen LogP contribution in [-0.4, -0.2) is 16.9 Å². The molecular weight excluding hydrogens is 238 g/mol. The summed E-state index contributed by atoms with van der Waals surface area (Å²) in [4.78, 5) is 0. The number of hydrogen-bond donors (Lipinski definition) is 1. The standard InChI is InChI=1S/C15H21N3O/c1-4-14-12(10-18(2)17-14)13(16)9-11-7-5-6-8-15(11)19-3/h5-8,10,13H,4,9,16H2,1-3H3. The maximum Gasteiger partial charge on any atom is 0.122 e. The van der Waals surface area contributed by atoms with Crippen LogP contribution in [0.3, 0.4) is 0 Å². The number of benzene rings is 1. The van der Waals surface area contributed by atoms with Gasteiger partial charge in [0.1, 0.15) is 5.75 Å². The highest BCUT2D eigenvalue weighted by Crippen LogP contribution is 2.25. The molecule has 2 aromatic rings. The van der Waals surface area contributed by atoms with Crippen LogP contribution >= 0.6 is 0 Å². The van der Waals surface area contributed by atoms with Crippen molar-refractivity contribution in [3.63, 3.8) is 0 Å². The topological polar surface area (TPSA) is 53.1 Å². The zero-order chi connectivity index (χ0) is 13.8. The van der Waals surface area contributed by atoms with E-state index in [1.54, 1.807) is 7.11 Å². The lowest BCUT2D eigenvalue weighted by Gasteiger charge is -2.14. The van der Waals surface area contributed by atoms with Gasteiger partial charge >= 0.3 is 0 Å². The molecule has 0 saturated heterocycles. The molecule has 0 spiro atoms. The zero-order valence-electron chi connectivity index (χ0n) is 11.8. The minimum atomic E-state index is -0.0556. The van der Waals surface area contributed by atoms with Crippen LogP contribution in [0.25, 0.3) is 0 Å². The Labute approximate surface area is 114 Å². The van der Waals surface area contributed by atoms with Crippen molar-refractivity contribution in [2.45, 2.75) is 25.8 Å². The van der Waals surface area contributed by atoms with Gasteiger partial charge in [-0.25, -0.2) is 0 Å². The Balaban J connectivity index is 2.22. The number of nitrogens with zero attached hydrogens (tertiary/aromatic N) is 2. The maximum absolute atomic E-state index is 6.33. The minimum Gasteiger partial charge on any atom is -0.496 e. The summed E-state index contributed by atoms with van der Waals surface area (Å²) in [6.07, 6.45) is 3.66. The van der Waals surface area contributed by atoms with Crippen LogP contribution in [0.2, 0.25) is 0 Å². The lowest BCUT2D eigenvalue weighted by Crippen LogP contribution is -2.15. The molecular formula is C15H21N3O. The van der Waals surface area contributed by atoms with Crippen LogP contribution < -0.4 is 10.5 Å². The van der Waals surface area contributed by atoms with Crippen molar-refractivity contribution in [2.75, 3.05) is 7.11 Å². The molecule has 0 bridgehead atoms. The van der Waals surface area contributed by atoms with Gasteiger partial charge in [0, 0.05) is 24.8 Å². The van der Waals surface area contributed by atoms with Gasteiger partial charge in [0.15, 0.2) is 0 Å². The van der Waals surface area contributed by atoms with Crippen molar-refractivity contribution in [2.24, 2.45) is 12.8 Å². The van der Waals surface area contributed by atoms with Gasteiger partial charge in [-0.05, 0) is 24.5 Å². The second-order valence-corrected chi connectivity index (χ2v) is 4.68. The third-order valence-electron chi connectivity index (χ3n) is 3.30. The number of methoxy groups -OCH3 is 1. The number of hydrogen-bond acceptors (Lipinski definition) is 3. The Kier molecular flexibility index (Phi) is 4.22. The average molecular weight is 259 g/mol. The maximum atomic E-state index is 6.33. The lowest BCUT2D eigenvalue weighted by atomic mass is 9.99. The predicted octanol–water partition coefficient (Wildman–Crippen LogP) is 2.23. The first-order valence-electron chi connectivity index (χ1n) is 6.55. The third kappa shape index (κ3) is 2.96. The summed E-state index contributed by atoms with van der Waals surface area (Å²) in [6, 6.07) is 7.94. The van der Waals surface area contributed by atoms with Gasteiger partial charge in [-0.1, -0.05) is 25.1 Å². The van der Waals surface area contributed by atoms with Crippen LogP contribution in [0.4, 0.5) is 0 Å². The molecule has 1 heterocycles. The first kappa shape index (κ1) is 13.6. The number of nitrogens with two attached hydrogens (primary N) is 1. The zero-order valence-corrected chi connectivity index (χ0v) is 11.8. The van der Waals surface area contributed by atoms with Crippen LogP contribution in [0, 0.1) is 0 Å². The fraction of sp³-hybridized carbons (Fsp3) is 0.400. The van der Waals surface area contributed by atoms with E-state index in [0.717, 1.165) is 35.4 Å². The van der Waals surface area contributed by atoms with Crippen LogP contribution in [0.5, 0.6) is 5.75 Å². The van der Waals surface area contributed by atoms with Gasteiger partial charge in [-0.3, -0.25) is 4.68 Å². The Hall–Kier alpha value is -1.81. The number of aromatic nitrogens is 2. The summed E-state index contributed by atoms with van der Waals surface area (Å²) in [7, 11) is 3.62. The number of ether oxygens (including phenoxy) is 1. The summed E-state index contributed by atoms with van der Waals surface area (Å²) < 4.78 is 7.20. The molecule has 19 heavy (non-hydrogen) atoms. The van der Waals surface area contributed by atoms with Gasteiger partial charge in [0.05, 0.1) is 12.8 Å². The van der Waals surface area contributed by atoms with Crippen LogP contribution in [-0.2, 0) is 19.9 Å². The monoisotopic (exact) mass is 259 g/mol. The molecule has 1 aromatic heterocycles. The molecule has 0 aliphatic heterocycles. The first-order valence-corrected chi connectivity index (χ1v) is 6.55. The van der Waals surface area contributed by atoms with Gasteiger partial charge in [-0.2, -0.15) is 5.10 Å². The summed E-state index contributed by atoms with van der Waals surface area (Å²) in [5.74, 6) is 0.889. The largest absolute Gasteiger partial charge is 0.496 e. The molecule has 102 valence electrons. The van der Waals surface area contributed by atoms with Crippen LogP contribution in [0.1, 0.15) is 29.8 Å². The second-order valence-electron chi connectivity index (χ2n) is 4.68. The fourth-order valence-corrected chi connectivity index (χ4v) is 2.36. The molecule has 4 nitrogen and oxygen atoms in total. The smallest absolute Gasteiger partial charge is 0.122 e. The summed E-state index contributed by atoms with van der Waals surface area (Å²) in [5.41, 5.74) is 9.65. The highest BCUT2D eigenvalue weighted by atomic mass is 16.5. The van der Waals surface area contributed by atoms with Crippen molar-refractivity contribution >= 4 is 0 Å². The Morgan fingerprint density at radius 2 is 2.11 bits per heavy atom. The molecule has 4 heteroatoms. The highest BCUT2D eigenvalue weighted by Gasteiger charge is 2.16. The molecule has 1 unspecified atom stereocenters. The van der Waals surface area contributed by atoms with Crippen LogP contribution in [0.15, 0.2) is 30.5 Å². The molecule has 0 aliphatic carbocycles. The van der Waals surface area contributed by atoms with E-state index in [-0.39, 0.29) is 6.04 Å². The van der Waals surface area contributed by atoms with E-state index in [1.165, 1.54) is 0 Å². The molecule has 1 atom stereocenters. The van der Waals surface area contributed by atoms with Crippen molar-refractivity contribution in [3.8, 4) is 5.75 Å². The molecule has 2 N–H and O–H groups in total. The van der Waals surface area contributed by atoms with E-state index in [2.05, 4.69) is 18.1 Å². The molecule has 0 aliphatic rings. The normalized spacial score (nSPS) is 12.4. The Morgan fingerprint density at radius 3 is 2.79 bits per heavy atom. The number of rotatable bonds is 5. The van der Waals surface area contributed by atoms with E-state index >= 15 is 0 Å². The van der Waals surface area contributed by atoms with E-state index in [9.17, 15) is 0 Å². The quantitative estimate of drug-likeness (QED) is 0.896. The number of aryl methyl sites for hydroxylation is 2. The van der Waals surface area contributed by atoms with Crippen molar-refractivity contribution in [1.82, 2.24) is 9.78 Å². The minimum absolute atomic E-state index is 0.0556. The molecule has 0 saturated carbocycles. The average Bonchev–Trinajstić information content (AvgIpc) is 2.80. The highest BCUT2D eigenvalue weighted by molar-refractivity contribution is 5.35. The van der Waals surface area contributed by atoms with Gasteiger partial charge in [0.2, 0.25) is 0 Å². The van der Waals surface area contributed by atoms with E-state index in [1.807, 2.05) is 36.1 Å². The molecule has 0 fully saturated rings. The molecule has 2 rings (SSSR count). The summed E-state index contributed by atoms with van der Waals surface area (Å²) in [6.45, 7) is 2.10. The predicted molar refractivity (Wildman–Crippen MR) is 76.2 cm³/mol. The first-order chi connectivity index (χ1) is 9.15. The summed E-state index contributed by atoms with van der Waals surface area (Å²) in [5, 5.41) is 4.44. The number of para-hydroxylation sites is 1. The lowest BCUT2D eigenvalue weighted by molar-refractivity contribution is 0.408. The van der Waals surface area contributed by atoms with Gasteiger partial charge in [-0.15, -0.1) is 0 Å². The molecule has 1 aromatic carbocycles. The van der Waals surface area contributed by atoms with Gasteiger partial charge < -0.3 is 10.5 Å². The third-order valence-corrected chi connectivity index (χ3v) is 3.30. The van der Waals surface area contributed by atoms with Gasteiger partial charge in [0.25, 0.3) is 0 Å². The Morgan fingerprint density at radius 1 is 1.37 bits per heavy atom. The Bertz CT molecular complexity index is 548. The van der Waals surface area contributed by atoms with Crippen molar-refractivity contribution < 1.29 is 4.74 Å². The van der Waals surface area contributed by atoms with E-state index < -0.39 is 0 Å². The van der Waals surface area contributed by atoms with Crippen molar-refractivity contribution in [1.29, 1.82) is 0 Å². The van der Waals surface area contributed by atoms with E-state index in [4.69, 9.17) is 10.5 Å².